The second kappa shape index (κ2) is 6.58. The van der Waals surface area contributed by atoms with Crippen molar-refractivity contribution in [2.75, 3.05) is 0 Å². The summed E-state index contributed by atoms with van der Waals surface area (Å²) >= 11 is 6.27. The third kappa shape index (κ3) is 3.98. The molecule has 0 bridgehead atoms. The molecule has 1 aliphatic rings. The van der Waals surface area contributed by atoms with Gasteiger partial charge in [0.15, 0.2) is 10.1 Å². The van der Waals surface area contributed by atoms with Crippen molar-refractivity contribution in [1.29, 1.82) is 0 Å². The predicted octanol–water partition coefficient (Wildman–Crippen LogP) is 0.809. The normalized spacial score (nSPS) is 13.0. The van der Waals surface area contributed by atoms with E-state index in [1.807, 2.05) is 6.07 Å². The summed E-state index contributed by atoms with van der Waals surface area (Å²) in [6.45, 7) is 2.18. The van der Waals surface area contributed by atoms with Crippen molar-refractivity contribution >= 4 is 21.7 Å². The Hall–Kier alpha value is -0.840. The van der Waals surface area contributed by atoms with E-state index in [-0.39, 0.29) is 21.2 Å². The Morgan fingerprint density at radius 3 is 2.26 bits per heavy atom. The summed E-state index contributed by atoms with van der Waals surface area (Å²) in [5, 5.41) is 0.903. The summed E-state index contributed by atoms with van der Waals surface area (Å²) in [4.78, 5) is 0. The fourth-order valence-electron chi connectivity index (χ4n) is 1.87. The topological polar surface area (TPSA) is 57.2 Å². The van der Waals surface area contributed by atoms with E-state index in [4.69, 9.17) is 24.6 Å². The molecule has 0 saturated carbocycles. The summed E-state index contributed by atoms with van der Waals surface area (Å²) in [6.07, 6.45) is 0. The van der Waals surface area contributed by atoms with Crippen LogP contribution in [0.15, 0.2) is 36.4 Å². The maximum absolute atomic E-state index is 10.7. The van der Waals surface area contributed by atoms with Gasteiger partial charge >= 0.3 is 26.7 Å². The van der Waals surface area contributed by atoms with Crippen molar-refractivity contribution in [2.45, 2.75) is 12.4 Å². The van der Waals surface area contributed by atoms with Crippen LogP contribution in [0.4, 0.5) is 13.2 Å². The van der Waals surface area contributed by atoms with Crippen LogP contribution in [0.25, 0.3) is 11.1 Å². The first-order valence-corrected chi connectivity index (χ1v) is 10.0. The van der Waals surface area contributed by atoms with Crippen LogP contribution >= 0.6 is 11.6 Å². The summed E-state index contributed by atoms with van der Waals surface area (Å²) in [7, 11) is -6.09. The summed E-state index contributed by atoms with van der Waals surface area (Å²) in [5.74, 6) is 0. The molecule has 2 aromatic rings. The monoisotopic (exact) mass is 476 g/mol. The van der Waals surface area contributed by atoms with Gasteiger partial charge < -0.3 is 4.55 Å². The van der Waals surface area contributed by atoms with Gasteiger partial charge in [-0.05, 0) is 25.1 Å². The lowest BCUT2D eigenvalue weighted by molar-refractivity contribution is -0.590. The standard InChI is InChI=1S/C13H9ClI.CHF3O3S/c1-8-6-7-10(14)12-9-4-2-3-5-11(9)15-13(8)12;2-1(3,4)8(5,6)7/h2-7H,1H3;(H,5,6,7)/q+1;/p-1. The average molecular weight is 477 g/mol. The summed E-state index contributed by atoms with van der Waals surface area (Å²) < 4.78 is 61.9. The molecular weight excluding hydrogens is 468 g/mol. The van der Waals surface area contributed by atoms with E-state index in [1.165, 1.54) is 23.8 Å². The zero-order chi connectivity index (χ0) is 17.4. The van der Waals surface area contributed by atoms with Crippen molar-refractivity contribution in [1.82, 2.24) is 0 Å². The Kier molecular flexibility index (Phi) is 5.29. The van der Waals surface area contributed by atoms with Crippen molar-refractivity contribution in [3.63, 3.8) is 0 Å². The minimum atomic E-state index is -6.09. The number of halogens is 5. The number of alkyl halides is 3. The zero-order valence-electron chi connectivity index (χ0n) is 11.5. The molecular formula is C14H9ClF3IO3S. The van der Waals surface area contributed by atoms with E-state index < -0.39 is 15.6 Å². The van der Waals surface area contributed by atoms with E-state index in [2.05, 4.69) is 37.3 Å². The maximum Gasteiger partial charge on any atom is 0.485 e. The second-order valence-electron chi connectivity index (χ2n) is 4.53. The molecule has 23 heavy (non-hydrogen) atoms. The Balaban J connectivity index is 0.000000207. The third-order valence-electron chi connectivity index (χ3n) is 2.91. The first-order valence-electron chi connectivity index (χ1n) is 6.08. The second-order valence-corrected chi connectivity index (χ2v) is 9.09. The highest BCUT2D eigenvalue weighted by Crippen LogP contribution is 2.31. The number of hydrogen-bond donors (Lipinski definition) is 0. The molecule has 9 heteroatoms. The molecule has 0 radical (unpaired) electrons. The molecule has 0 N–H and O–H groups in total. The largest absolute Gasteiger partial charge is 0.741 e. The molecule has 3 nitrogen and oxygen atoms in total. The highest BCUT2D eigenvalue weighted by Gasteiger charge is 2.37. The van der Waals surface area contributed by atoms with Crippen LogP contribution in [0.2, 0.25) is 5.02 Å². The average Bonchev–Trinajstić information content (AvgIpc) is 2.82. The summed E-state index contributed by atoms with van der Waals surface area (Å²) in [5.41, 5.74) is -1.61. The van der Waals surface area contributed by atoms with Gasteiger partial charge in [0.2, 0.25) is 7.14 Å². The molecule has 0 saturated heterocycles. The SMILES string of the molecule is Cc1ccc(Cl)c2c1[I+]c1ccccc1-2.O=S(=O)([O-])C(F)(F)F. The summed E-state index contributed by atoms with van der Waals surface area (Å²) in [6, 6.07) is 12.8. The van der Waals surface area contributed by atoms with E-state index in [1.54, 1.807) is 0 Å². The van der Waals surface area contributed by atoms with Gasteiger partial charge in [0.05, 0.1) is 10.6 Å². The van der Waals surface area contributed by atoms with Crippen molar-refractivity contribution in [3.8, 4) is 11.1 Å². The van der Waals surface area contributed by atoms with Crippen LogP contribution in [-0.2, 0) is 10.1 Å². The van der Waals surface area contributed by atoms with Crippen molar-refractivity contribution in [3.05, 3.63) is 54.1 Å². The van der Waals surface area contributed by atoms with Crippen LogP contribution in [0.3, 0.4) is 0 Å². The molecule has 3 rings (SSSR count). The molecule has 0 unspecified atom stereocenters. The van der Waals surface area contributed by atoms with Crippen LogP contribution in [0.1, 0.15) is 5.56 Å². The highest BCUT2D eigenvalue weighted by atomic mass is 127. The van der Waals surface area contributed by atoms with E-state index >= 15 is 0 Å². The van der Waals surface area contributed by atoms with E-state index in [0.29, 0.717) is 0 Å². The Labute approximate surface area is 146 Å². The van der Waals surface area contributed by atoms with Crippen LogP contribution in [0, 0.1) is 14.1 Å². The molecule has 0 spiro atoms. The van der Waals surface area contributed by atoms with Crippen molar-refractivity contribution < 1.29 is 47.3 Å². The number of aryl methyl sites for hydroxylation is 1. The van der Waals surface area contributed by atoms with Gasteiger partial charge in [0.25, 0.3) is 0 Å². The fourth-order valence-corrected chi connectivity index (χ4v) is 5.46. The molecule has 1 heterocycles. The zero-order valence-corrected chi connectivity index (χ0v) is 15.2. The number of fused-ring (bicyclic) bond motifs is 3. The lowest BCUT2D eigenvalue weighted by Crippen LogP contribution is -3.61. The molecule has 0 atom stereocenters. The van der Waals surface area contributed by atoms with Gasteiger partial charge in [-0.25, -0.2) is 8.42 Å². The van der Waals surface area contributed by atoms with E-state index in [9.17, 15) is 13.2 Å². The Morgan fingerprint density at radius 2 is 1.70 bits per heavy atom. The first-order chi connectivity index (χ1) is 10.5. The van der Waals surface area contributed by atoms with Crippen molar-refractivity contribution in [2.24, 2.45) is 0 Å². The molecule has 0 aliphatic carbocycles. The van der Waals surface area contributed by atoms with Crippen LogP contribution < -0.4 is 21.2 Å². The molecule has 0 aromatic heterocycles. The lowest BCUT2D eigenvalue weighted by atomic mass is 10.0. The number of rotatable bonds is 0. The molecule has 124 valence electrons. The molecule has 2 aromatic carbocycles. The number of benzene rings is 2. The van der Waals surface area contributed by atoms with E-state index in [0.717, 1.165) is 5.02 Å². The number of hydrogen-bond acceptors (Lipinski definition) is 3. The van der Waals surface area contributed by atoms with Gasteiger partial charge in [-0.15, -0.1) is 0 Å². The molecule has 0 fully saturated rings. The predicted molar refractivity (Wildman–Crippen MR) is 74.8 cm³/mol. The Bertz CT molecular complexity index is 851. The third-order valence-corrected chi connectivity index (χ3v) is 7.24. The van der Waals surface area contributed by atoms with Gasteiger partial charge in [0.1, 0.15) is 0 Å². The quantitative estimate of drug-likeness (QED) is 0.274. The molecule has 1 aliphatic heterocycles. The van der Waals surface area contributed by atoms with Gasteiger partial charge in [-0.3, -0.25) is 0 Å². The first kappa shape index (κ1) is 18.5. The van der Waals surface area contributed by atoms with Gasteiger partial charge in [-0.2, -0.15) is 13.2 Å². The molecule has 0 amide bonds. The van der Waals surface area contributed by atoms with Crippen LogP contribution in [0.5, 0.6) is 0 Å². The minimum Gasteiger partial charge on any atom is -0.741 e. The highest BCUT2D eigenvalue weighted by molar-refractivity contribution is 7.86. The van der Waals surface area contributed by atoms with Gasteiger partial charge in [0, 0.05) is 11.1 Å². The Morgan fingerprint density at radius 1 is 1.13 bits per heavy atom. The lowest BCUT2D eigenvalue weighted by Gasteiger charge is -2.08. The smallest absolute Gasteiger partial charge is 0.485 e. The van der Waals surface area contributed by atoms with Crippen LogP contribution in [-0.4, -0.2) is 18.5 Å². The minimum absolute atomic E-state index is 0.0202. The van der Waals surface area contributed by atoms with Gasteiger partial charge in [-0.1, -0.05) is 29.8 Å². The maximum atomic E-state index is 10.7. The fraction of sp³-hybridized carbons (Fsp3) is 0.143.